The molecule has 0 fully saturated rings. The van der Waals surface area contributed by atoms with Crippen molar-refractivity contribution < 1.29 is 4.39 Å². The van der Waals surface area contributed by atoms with Crippen molar-refractivity contribution in [2.45, 2.75) is 45.1 Å². The highest BCUT2D eigenvalue weighted by Crippen LogP contribution is 2.33. The van der Waals surface area contributed by atoms with Crippen LogP contribution in [0.5, 0.6) is 0 Å². The van der Waals surface area contributed by atoms with E-state index >= 15 is 0 Å². The number of hydrogen-bond acceptors (Lipinski definition) is 2. The Labute approximate surface area is 112 Å². The molecule has 0 amide bonds. The van der Waals surface area contributed by atoms with Crippen LogP contribution in [0.2, 0.25) is 0 Å². The van der Waals surface area contributed by atoms with Gasteiger partial charge in [-0.15, -0.1) is 0 Å². The molecule has 0 saturated carbocycles. The van der Waals surface area contributed by atoms with Crippen LogP contribution >= 0.6 is 0 Å². The van der Waals surface area contributed by atoms with E-state index in [1.54, 1.807) is 6.07 Å². The molecule has 1 aliphatic heterocycles. The van der Waals surface area contributed by atoms with Gasteiger partial charge in [0.05, 0.1) is 6.04 Å². The van der Waals surface area contributed by atoms with Crippen LogP contribution in [0, 0.1) is 5.82 Å². The van der Waals surface area contributed by atoms with Crippen molar-refractivity contribution in [3.8, 4) is 0 Å². The first-order valence-corrected chi connectivity index (χ1v) is 6.67. The Kier molecular flexibility index (Phi) is 2.69. The van der Waals surface area contributed by atoms with E-state index < -0.39 is 0 Å². The number of aromatic nitrogens is 3. The Hall–Kier alpha value is -1.71. The normalized spacial score (nSPS) is 18.6. The molecule has 3 rings (SSSR count). The highest BCUT2D eigenvalue weighted by atomic mass is 19.1. The van der Waals surface area contributed by atoms with Crippen LogP contribution in [-0.2, 0) is 11.8 Å². The number of benzene rings is 1. The number of halogens is 1. The lowest BCUT2D eigenvalue weighted by Crippen LogP contribution is -2.16. The Balaban J connectivity index is 2.03. The van der Waals surface area contributed by atoms with Crippen molar-refractivity contribution in [1.82, 2.24) is 14.8 Å². The first-order chi connectivity index (χ1) is 8.97. The van der Waals surface area contributed by atoms with Crippen LogP contribution < -0.4 is 0 Å². The molecule has 0 radical (unpaired) electrons. The fraction of sp³-hybridized carbons (Fsp3) is 0.467. The topological polar surface area (TPSA) is 30.7 Å². The van der Waals surface area contributed by atoms with E-state index in [4.69, 9.17) is 0 Å². The van der Waals surface area contributed by atoms with Crippen molar-refractivity contribution in [3.63, 3.8) is 0 Å². The Morgan fingerprint density at radius 1 is 1.26 bits per heavy atom. The zero-order valence-electron chi connectivity index (χ0n) is 11.5. The standard InChI is InChI=1S/C15H18FN3/c1-15(2,3)14-17-13-9-8-12(19(13)18-14)10-6-4-5-7-11(10)16/h4-7,12H,8-9H2,1-3H3. The van der Waals surface area contributed by atoms with Crippen molar-refractivity contribution >= 4 is 0 Å². The molecular formula is C15H18FN3. The van der Waals surface area contributed by atoms with E-state index in [1.807, 2.05) is 16.8 Å². The molecule has 1 unspecified atom stereocenters. The molecule has 1 aliphatic rings. The van der Waals surface area contributed by atoms with E-state index in [1.165, 1.54) is 6.07 Å². The predicted molar refractivity (Wildman–Crippen MR) is 71.6 cm³/mol. The van der Waals surface area contributed by atoms with Crippen molar-refractivity contribution in [2.75, 3.05) is 0 Å². The quantitative estimate of drug-likeness (QED) is 0.787. The fourth-order valence-corrected chi connectivity index (χ4v) is 2.51. The average molecular weight is 259 g/mol. The van der Waals surface area contributed by atoms with E-state index in [0.717, 1.165) is 24.5 Å². The van der Waals surface area contributed by atoms with Crippen LogP contribution in [0.25, 0.3) is 0 Å². The van der Waals surface area contributed by atoms with Gasteiger partial charge < -0.3 is 0 Å². The summed E-state index contributed by atoms with van der Waals surface area (Å²) in [7, 11) is 0. The summed E-state index contributed by atoms with van der Waals surface area (Å²) in [4.78, 5) is 4.60. The zero-order valence-corrected chi connectivity index (χ0v) is 11.5. The summed E-state index contributed by atoms with van der Waals surface area (Å²) in [5.74, 6) is 1.65. The highest BCUT2D eigenvalue weighted by Gasteiger charge is 2.31. The molecule has 3 nitrogen and oxygen atoms in total. The van der Waals surface area contributed by atoms with E-state index in [9.17, 15) is 4.39 Å². The molecule has 0 spiro atoms. The van der Waals surface area contributed by atoms with Gasteiger partial charge in [0.25, 0.3) is 0 Å². The second-order valence-electron chi connectivity index (χ2n) is 6.12. The second kappa shape index (κ2) is 4.15. The molecule has 0 aliphatic carbocycles. The van der Waals surface area contributed by atoms with Crippen LogP contribution in [0.1, 0.15) is 50.4 Å². The number of fused-ring (bicyclic) bond motifs is 1. The largest absolute Gasteiger partial charge is 0.242 e. The molecule has 0 bridgehead atoms. The first kappa shape index (κ1) is 12.3. The van der Waals surface area contributed by atoms with E-state index in [-0.39, 0.29) is 17.3 Å². The molecule has 19 heavy (non-hydrogen) atoms. The summed E-state index contributed by atoms with van der Waals surface area (Å²) in [6.07, 6.45) is 1.74. The minimum absolute atomic E-state index is 0.0141. The third-order valence-corrected chi connectivity index (χ3v) is 3.57. The number of hydrogen-bond donors (Lipinski definition) is 0. The zero-order chi connectivity index (χ0) is 13.6. The molecule has 1 atom stereocenters. The van der Waals surface area contributed by atoms with Crippen molar-refractivity contribution in [1.29, 1.82) is 0 Å². The second-order valence-corrected chi connectivity index (χ2v) is 6.12. The molecule has 2 aromatic rings. The fourth-order valence-electron chi connectivity index (χ4n) is 2.51. The molecule has 100 valence electrons. The Morgan fingerprint density at radius 2 is 2.00 bits per heavy atom. The minimum atomic E-state index is -0.159. The molecular weight excluding hydrogens is 241 g/mol. The highest BCUT2D eigenvalue weighted by molar-refractivity contribution is 5.24. The molecule has 1 aromatic heterocycles. The lowest BCUT2D eigenvalue weighted by molar-refractivity contribution is 0.484. The molecule has 0 N–H and O–H groups in total. The maximum Gasteiger partial charge on any atom is 0.156 e. The smallest absolute Gasteiger partial charge is 0.156 e. The van der Waals surface area contributed by atoms with Crippen molar-refractivity contribution in [2.24, 2.45) is 0 Å². The van der Waals surface area contributed by atoms with Gasteiger partial charge >= 0.3 is 0 Å². The van der Waals surface area contributed by atoms with Gasteiger partial charge in [-0.05, 0) is 12.5 Å². The third kappa shape index (κ3) is 2.05. The number of nitrogens with zero attached hydrogens (tertiary/aromatic N) is 3. The maximum atomic E-state index is 13.9. The van der Waals surface area contributed by atoms with Crippen LogP contribution in [-0.4, -0.2) is 14.8 Å². The van der Waals surface area contributed by atoms with Gasteiger partial charge in [0.15, 0.2) is 5.82 Å². The van der Waals surface area contributed by atoms with Gasteiger partial charge in [-0.1, -0.05) is 39.0 Å². The molecule has 2 heterocycles. The van der Waals surface area contributed by atoms with Gasteiger partial charge in [-0.3, -0.25) is 0 Å². The average Bonchev–Trinajstić information content (AvgIpc) is 2.88. The molecule has 4 heteroatoms. The van der Waals surface area contributed by atoms with Crippen LogP contribution in [0.3, 0.4) is 0 Å². The number of aryl methyl sites for hydroxylation is 1. The number of rotatable bonds is 1. The van der Waals surface area contributed by atoms with Crippen molar-refractivity contribution in [3.05, 3.63) is 47.3 Å². The minimum Gasteiger partial charge on any atom is -0.242 e. The lowest BCUT2D eigenvalue weighted by atomic mass is 9.96. The first-order valence-electron chi connectivity index (χ1n) is 6.67. The monoisotopic (exact) mass is 259 g/mol. The summed E-state index contributed by atoms with van der Waals surface area (Å²) in [5.41, 5.74) is 0.642. The predicted octanol–water partition coefficient (Wildman–Crippen LogP) is 3.25. The van der Waals surface area contributed by atoms with Gasteiger partial charge in [0.1, 0.15) is 11.6 Å². The summed E-state index contributed by atoms with van der Waals surface area (Å²) in [5, 5.41) is 4.60. The van der Waals surface area contributed by atoms with E-state index in [0.29, 0.717) is 5.56 Å². The molecule has 1 aromatic carbocycles. The maximum absolute atomic E-state index is 13.9. The summed E-state index contributed by atoms with van der Waals surface area (Å²) >= 11 is 0. The Bertz CT molecular complexity index is 610. The van der Waals surface area contributed by atoms with Crippen LogP contribution in [0.15, 0.2) is 24.3 Å². The third-order valence-electron chi connectivity index (χ3n) is 3.57. The SMILES string of the molecule is CC(C)(C)c1nc2n(n1)C(c1ccccc1F)CC2. The van der Waals surface area contributed by atoms with Gasteiger partial charge in [0.2, 0.25) is 0 Å². The summed E-state index contributed by atoms with van der Waals surface area (Å²) < 4.78 is 15.8. The van der Waals surface area contributed by atoms with Gasteiger partial charge in [-0.2, -0.15) is 5.10 Å². The van der Waals surface area contributed by atoms with Crippen LogP contribution in [0.4, 0.5) is 4.39 Å². The lowest BCUT2D eigenvalue weighted by Gasteiger charge is -2.15. The Morgan fingerprint density at radius 3 is 2.68 bits per heavy atom. The van der Waals surface area contributed by atoms with Gasteiger partial charge in [-0.25, -0.2) is 14.1 Å². The van der Waals surface area contributed by atoms with Gasteiger partial charge in [0, 0.05) is 17.4 Å². The summed E-state index contributed by atoms with van der Waals surface area (Å²) in [6, 6.07) is 6.93. The molecule has 0 saturated heterocycles. The summed E-state index contributed by atoms with van der Waals surface area (Å²) in [6.45, 7) is 6.28. The van der Waals surface area contributed by atoms with E-state index in [2.05, 4.69) is 30.9 Å².